The molecule has 0 aromatic heterocycles. The summed E-state index contributed by atoms with van der Waals surface area (Å²) in [6.07, 6.45) is 4.06. The smallest absolute Gasteiger partial charge is 0.323 e. The van der Waals surface area contributed by atoms with Crippen LogP contribution in [0.15, 0.2) is 16.6 Å². The number of halogens is 1. The molecule has 1 fully saturated rings. The highest BCUT2D eigenvalue weighted by Crippen LogP contribution is 2.34. The van der Waals surface area contributed by atoms with Crippen LogP contribution in [0.2, 0.25) is 0 Å². The first-order chi connectivity index (χ1) is 10.2. The van der Waals surface area contributed by atoms with Crippen molar-refractivity contribution in [3.8, 4) is 5.75 Å². The largest absolute Gasteiger partial charge is 0.493 e. The number of likely N-dealkylation sites (tertiary alicyclic amines) is 1. The molecule has 1 unspecified atom stereocenters. The summed E-state index contributed by atoms with van der Waals surface area (Å²) in [4.78, 5) is 14.2. The van der Waals surface area contributed by atoms with Crippen molar-refractivity contribution in [1.82, 2.24) is 4.90 Å². The van der Waals surface area contributed by atoms with Crippen LogP contribution in [0.4, 0.5) is 0 Å². The molecule has 2 aliphatic heterocycles. The van der Waals surface area contributed by atoms with Gasteiger partial charge in [-0.05, 0) is 37.1 Å². The predicted molar refractivity (Wildman–Crippen MR) is 83.4 cm³/mol. The Labute approximate surface area is 133 Å². The van der Waals surface area contributed by atoms with Gasteiger partial charge in [0.25, 0.3) is 0 Å². The number of rotatable bonds is 3. The second kappa shape index (κ2) is 6.36. The number of fused-ring (bicyclic) bond motifs is 1. The van der Waals surface area contributed by atoms with Crippen LogP contribution >= 0.6 is 15.9 Å². The molecule has 1 saturated heterocycles. The van der Waals surface area contributed by atoms with Gasteiger partial charge in [0.05, 0.1) is 13.7 Å². The number of ether oxygens (including phenoxy) is 2. The Morgan fingerprint density at radius 3 is 3.14 bits per heavy atom. The molecule has 0 N–H and O–H groups in total. The van der Waals surface area contributed by atoms with Gasteiger partial charge in [-0.1, -0.05) is 22.4 Å². The van der Waals surface area contributed by atoms with Crippen LogP contribution in [0, 0.1) is 0 Å². The van der Waals surface area contributed by atoms with Gasteiger partial charge in [-0.25, -0.2) is 0 Å². The van der Waals surface area contributed by atoms with Gasteiger partial charge in [0, 0.05) is 23.0 Å². The minimum absolute atomic E-state index is 0.123. The number of nitrogens with zero attached hydrogens (tertiary/aromatic N) is 1. The Hall–Kier alpha value is -1.07. The minimum Gasteiger partial charge on any atom is -0.493 e. The SMILES string of the molecule is COC(=O)C1CCCCN1Cc1cc(Br)cc2c1OCC2. The summed E-state index contributed by atoms with van der Waals surface area (Å²) in [7, 11) is 1.47. The molecule has 4 nitrogen and oxygen atoms in total. The van der Waals surface area contributed by atoms with Gasteiger partial charge in [-0.3, -0.25) is 9.69 Å². The lowest BCUT2D eigenvalue weighted by Gasteiger charge is -2.34. The zero-order valence-corrected chi connectivity index (χ0v) is 13.8. The maximum Gasteiger partial charge on any atom is 0.323 e. The normalized spacial score (nSPS) is 21.7. The van der Waals surface area contributed by atoms with Crippen LogP contribution in [0.3, 0.4) is 0 Å². The molecule has 2 aliphatic rings. The summed E-state index contributed by atoms with van der Waals surface area (Å²) < 4.78 is 11.8. The van der Waals surface area contributed by atoms with Gasteiger partial charge in [0.2, 0.25) is 0 Å². The van der Waals surface area contributed by atoms with Gasteiger partial charge in [0.1, 0.15) is 11.8 Å². The molecule has 0 spiro atoms. The number of hydrogen-bond donors (Lipinski definition) is 0. The molecule has 0 amide bonds. The van der Waals surface area contributed by atoms with E-state index in [4.69, 9.17) is 9.47 Å². The van der Waals surface area contributed by atoms with Gasteiger partial charge < -0.3 is 9.47 Å². The highest BCUT2D eigenvalue weighted by atomic mass is 79.9. The molecule has 0 radical (unpaired) electrons. The standard InChI is InChI=1S/C16H20BrNO3/c1-20-16(19)14-4-2-3-6-18(14)10-12-9-13(17)8-11-5-7-21-15(11)12/h8-9,14H,2-7,10H2,1H3. The zero-order chi connectivity index (χ0) is 14.8. The van der Waals surface area contributed by atoms with E-state index in [1.54, 1.807) is 0 Å². The molecule has 1 aromatic carbocycles. The number of methoxy groups -OCH3 is 1. The lowest BCUT2D eigenvalue weighted by molar-refractivity contribution is -0.148. The molecule has 114 valence electrons. The van der Waals surface area contributed by atoms with Crippen LogP contribution in [-0.4, -0.2) is 37.2 Å². The summed E-state index contributed by atoms with van der Waals surface area (Å²) in [5.74, 6) is 0.884. The van der Waals surface area contributed by atoms with E-state index in [9.17, 15) is 4.79 Å². The minimum atomic E-state index is -0.125. The number of benzene rings is 1. The van der Waals surface area contributed by atoms with Gasteiger partial charge in [-0.15, -0.1) is 0 Å². The van der Waals surface area contributed by atoms with Crippen LogP contribution in [0.5, 0.6) is 5.75 Å². The van der Waals surface area contributed by atoms with Crippen molar-refractivity contribution in [3.05, 3.63) is 27.7 Å². The third-order valence-corrected chi connectivity index (χ3v) is 4.74. The third-order valence-electron chi connectivity index (χ3n) is 4.29. The molecule has 0 bridgehead atoms. The van der Waals surface area contributed by atoms with Gasteiger partial charge in [-0.2, -0.15) is 0 Å². The van der Waals surface area contributed by atoms with Crippen molar-refractivity contribution in [2.75, 3.05) is 20.3 Å². The van der Waals surface area contributed by atoms with E-state index in [1.807, 2.05) is 0 Å². The maximum atomic E-state index is 12.0. The van der Waals surface area contributed by atoms with Crippen molar-refractivity contribution in [2.24, 2.45) is 0 Å². The third kappa shape index (κ3) is 3.09. The summed E-state index contributed by atoms with van der Waals surface area (Å²) in [5.41, 5.74) is 2.42. The van der Waals surface area contributed by atoms with E-state index in [0.717, 1.165) is 61.2 Å². The summed E-state index contributed by atoms with van der Waals surface area (Å²) in [5, 5.41) is 0. The van der Waals surface area contributed by atoms with Gasteiger partial charge >= 0.3 is 5.97 Å². The van der Waals surface area contributed by atoms with Crippen molar-refractivity contribution in [1.29, 1.82) is 0 Å². The van der Waals surface area contributed by atoms with Crippen LogP contribution in [0.1, 0.15) is 30.4 Å². The number of hydrogen-bond acceptors (Lipinski definition) is 4. The molecule has 0 aliphatic carbocycles. The fourth-order valence-electron chi connectivity index (χ4n) is 3.27. The molecular formula is C16H20BrNO3. The Morgan fingerprint density at radius 1 is 1.48 bits per heavy atom. The van der Waals surface area contributed by atoms with E-state index in [0.29, 0.717) is 0 Å². The van der Waals surface area contributed by atoms with Crippen LogP contribution in [0.25, 0.3) is 0 Å². The van der Waals surface area contributed by atoms with Gasteiger partial charge in [0.15, 0.2) is 0 Å². The van der Waals surface area contributed by atoms with E-state index in [2.05, 4.69) is 33.0 Å². The molecular weight excluding hydrogens is 334 g/mol. The number of carbonyl (C=O) groups is 1. The average Bonchev–Trinajstić information content (AvgIpc) is 2.95. The Balaban J connectivity index is 1.83. The molecule has 1 atom stereocenters. The van der Waals surface area contributed by atoms with Crippen molar-refractivity contribution >= 4 is 21.9 Å². The Bertz CT molecular complexity index is 547. The Morgan fingerprint density at radius 2 is 2.33 bits per heavy atom. The van der Waals surface area contributed by atoms with Crippen LogP contribution < -0.4 is 4.74 Å². The highest BCUT2D eigenvalue weighted by Gasteiger charge is 2.30. The number of carbonyl (C=O) groups excluding carboxylic acids is 1. The molecule has 3 rings (SSSR count). The lowest BCUT2D eigenvalue weighted by atomic mass is 10.0. The van der Waals surface area contributed by atoms with Crippen molar-refractivity contribution < 1.29 is 14.3 Å². The molecule has 0 saturated carbocycles. The second-order valence-corrected chi connectivity index (χ2v) is 6.57. The number of esters is 1. The average molecular weight is 354 g/mol. The lowest BCUT2D eigenvalue weighted by Crippen LogP contribution is -2.44. The first-order valence-corrected chi connectivity index (χ1v) is 8.24. The first-order valence-electron chi connectivity index (χ1n) is 7.45. The summed E-state index contributed by atoms with van der Waals surface area (Å²) in [6, 6.07) is 4.10. The molecule has 1 aromatic rings. The van der Waals surface area contributed by atoms with E-state index < -0.39 is 0 Å². The van der Waals surface area contributed by atoms with Crippen LogP contribution in [-0.2, 0) is 22.5 Å². The summed E-state index contributed by atoms with van der Waals surface area (Å²) >= 11 is 3.57. The van der Waals surface area contributed by atoms with Crippen molar-refractivity contribution in [2.45, 2.75) is 38.3 Å². The molecule has 5 heteroatoms. The first kappa shape index (κ1) is 14.9. The van der Waals surface area contributed by atoms with E-state index in [-0.39, 0.29) is 12.0 Å². The zero-order valence-electron chi connectivity index (χ0n) is 12.2. The number of piperidine rings is 1. The van der Waals surface area contributed by atoms with Crippen molar-refractivity contribution in [3.63, 3.8) is 0 Å². The monoisotopic (exact) mass is 353 g/mol. The molecule has 21 heavy (non-hydrogen) atoms. The highest BCUT2D eigenvalue weighted by molar-refractivity contribution is 9.10. The Kier molecular flexibility index (Phi) is 4.50. The quantitative estimate of drug-likeness (QED) is 0.783. The van der Waals surface area contributed by atoms with E-state index >= 15 is 0 Å². The predicted octanol–water partition coefficient (Wildman–Crippen LogP) is 2.91. The second-order valence-electron chi connectivity index (χ2n) is 5.66. The van der Waals surface area contributed by atoms with E-state index in [1.165, 1.54) is 12.7 Å². The molecule has 2 heterocycles. The summed E-state index contributed by atoms with van der Waals surface area (Å²) in [6.45, 7) is 2.42. The fraction of sp³-hybridized carbons (Fsp3) is 0.562. The fourth-order valence-corrected chi connectivity index (χ4v) is 3.82. The topological polar surface area (TPSA) is 38.8 Å². The maximum absolute atomic E-state index is 12.0.